The molecule has 0 aliphatic heterocycles. The van der Waals surface area contributed by atoms with E-state index in [0.717, 1.165) is 0 Å². The molecule has 0 bridgehead atoms. The maximum atomic E-state index is 11.5. The zero-order valence-electron chi connectivity index (χ0n) is 10.8. The Morgan fingerprint density at radius 1 is 1.20 bits per heavy atom. The van der Waals surface area contributed by atoms with Crippen LogP contribution in [0.15, 0.2) is 24.3 Å². The van der Waals surface area contributed by atoms with Crippen LogP contribution in [0, 0.1) is 0 Å². The van der Waals surface area contributed by atoms with Gasteiger partial charge < -0.3 is 25.8 Å². The Morgan fingerprint density at radius 2 is 1.95 bits per heavy atom. The molecule has 0 atom stereocenters. The Hall–Kier alpha value is -2.77. The highest BCUT2D eigenvalue weighted by molar-refractivity contribution is 5.92. The largest absolute Gasteiger partial charge is 0.497 e. The third-order valence-corrected chi connectivity index (χ3v) is 2.17. The lowest BCUT2D eigenvalue weighted by atomic mass is 10.3. The number of carboxylic acids is 1. The van der Waals surface area contributed by atoms with Crippen molar-refractivity contribution in [3.8, 4) is 5.75 Å². The molecule has 0 aliphatic carbocycles. The maximum Gasteiger partial charge on any atom is 0.322 e. The number of amides is 3. The molecule has 0 fully saturated rings. The standard InChI is InChI=1S/C12H15N3O5/c1-20-9-4-2-3-8(5-9)15-12(19)14-6-10(16)13-7-11(17)18/h2-5H,6-7H2,1H3,(H,13,16)(H,17,18)(H2,14,15,19). The van der Waals surface area contributed by atoms with E-state index < -0.39 is 24.5 Å². The highest BCUT2D eigenvalue weighted by Crippen LogP contribution is 2.16. The highest BCUT2D eigenvalue weighted by Gasteiger charge is 2.07. The molecular weight excluding hydrogens is 266 g/mol. The zero-order valence-corrected chi connectivity index (χ0v) is 10.8. The van der Waals surface area contributed by atoms with Crippen molar-refractivity contribution in [2.24, 2.45) is 0 Å². The van der Waals surface area contributed by atoms with E-state index in [2.05, 4.69) is 16.0 Å². The molecule has 0 saturated carbocycles. The SMILES string of the molecule is COc1cccc(NC(=O)NCC(=O)NCC(=O)O)c1. The second-order valence-electron chi connectivity index (χ2n) is 3.71. The van der Waals surface area contributed by atoms with Crippen molar-refractivity contribution in [2.45, 2.75) is 0 Å². The van der Waals surface area contributed by atoms with Gasteiger partial charge in [-0.3, -0.25) is 9.59 Å². The van der Waals surface area contributed by atoms with Crippen molar-refractivity contribution >= 4 is 23.6 Å². The van der Waals surface area contributed by atoms with Crippen LogP contribution in [0.1, 0.15) is 0 Å². The van der Waals surface area contributed by atoms with Crippen LogP contribution >= 0.6 is 0 Å². The number of anilines is 1. The van der Waals surface area contributed by atoms with Gasteiger partial charge >= 0.3 is 12.0 Å². The van der Waals surface area contributed by atoms with Crippen LogP contribution in [0.4, 0.5) is 10.5 Å². The first-order chi connectivity index (χ1) is 9.51. The summed E-state index contributed by atoms with van der Waals surface area (Å²) < 4.78 is 5.00. The fraction of sp³-hybridized carbons (Fsp3) is 0.250. The van der Waals surface area contributed by atoms with Crippen molar-refractivity contribution in [3.05, 3.63) is 24.3 Å². The number of carbonyl (C=O) groups is 3. The van der Waals surface area contributed by atoms with E-state index in [9.17, 15) is 14.4 Å². The van der Waals surface area contributed by atoms with Crippen LogP contribution in [0.25, 0.3) is 0 Å². The van der Waals surface area contributed by atoms with E-state index in [0.29, 0.717) is 11.4 Å². The van der Waals surface area contributed by atoms with E-state index in [1.165, 1.54) is 7.11 Å². The lowest BCUT2D eigenvalue weighted by Gasteiger charge is -2.08. The van der Waals surface area contributed by atoms with E-state index in [4.69, 9.17) is 9.84 Å². The molecule has 8 heteroatoms. The fourth-order valence-corrected chi connectivity index (χ4v) is 1.27. The molecule has 3 amide bonds. The van der Waals surface area contributed by atoms with E-state index >= 15 is 0 Å². The summed E-state index contributed by atoms with van der Waals surface area (Å²) >= 11 is 0. The normalized spacial score (nSPS) is 9.45. The molecule has 1 aromatic rings. The third kappa shape index (κ3) is 5.71. The number of aliphatic carboxylic acids is 1. The zero-order chi connectivity index (χ0) is 15.0. The Bertz CT molecular complexity index is 504. The number of hydrogen-bond donors (Lipinski definition) is 4. The molecule has 4 N–H and O–H groups in total. The molecule has 0 radical (unpaired) electrons. The van der Waals surface area contributed by atoms with Gasteiger partial charge in [-0.1, -0.05) is 6.07 Å². The second kappa shape index (κ2) is 7.62. The molecule has 8 nitrogen and oxygen atoms in total. The molecule has 0 spiro atoms. The Balaban J connectivity index is 2.36. The summed E-state index contributed by atoms with van der Waals surface area (Å²) in [7, 11) is 1.51. The first-order valence-corrected chi connectivity index (χ1v) is 5.68. The summed E-state index contributed by atoms with van der Waals surface area (Å²) in [6.45, 7) is -0.804. The van der Waals surface area contributed by atoms with Gasteiger partial charge in [-0.15, -0.1) is 0 Å². The van der Waals surface area contributed by atoms with Crippen LogP contribution < -0.4 is 20.7 Å². The van der Waals surface area contributed by atoms with Crippen molar-refractivity contribution in [1.82, 2.24) is 10.6 Å². The maximum absolute atomic E-state index is 11.5. The molecule has 108 valence electrons. The van der Waals surface area contributed by atoms with Gasteiger partial charge in [-0.25, -0.2) is 4.79 Å². The minimum Gasteiger partial charge on any atom is -0.497 e. The fourth-order valence-electron chi connectivity index (χ4n) is 1.27. The van der Waals surface area contributed by atoms with Crippen molar-refractivity contribution < 1.29 is 24.2 Å². The molecule has 0 saturated heterocycles. The molecule has 1 rings (SSSR count). The summed E-state index contributed by atoms with van der Waals surface area (Å²) in [4.78, 5) is 32.9. The third-order valence-electron chi connectivity index (χ3n) is 2.17. The topological polar surface area (TPSA) is 117 Å². The van der Waals surface area contributed by atoms with Crippen LogP contribution in [0.3, 0.4) is 0 Å². The van der Waals surface area contributed by atoms with Gasteiger partial charge in [-0.05, 0) is 12.1 Å². The highest BCUT2D eigenvalue weighted by atomic mass is 16.5. The number of methoxy groups -OCH3 is 1. The van der Waals surface area contributed by atoms with Crippen molar-refractivity contribution in [2.75, 3.05) is 25.5 Å². The predicted molar refractivity (Wildman–Crippen MR) is 70.7 cm³/mol. The summed E-state index contributed by atoms with van der Waals surface area (Å²) in [5.41, 5.74) is 0.507. The summed E-state index contributed by atoms with van der Waals surface area (Å²) in [6, 6.07) is 6.12. The second-order valence-corrected chi connectivity index (χ2v) is 3.71. The Morgan fingerprint density at radius 3 is 2.60 bits per heavy atom. The lowest BCUT2D eigenvalue weighted by molar-refractivity contribution is -0.137. The van der Waals surface area contributed by atoms with Gasteiger partial charge in [0, 0.05) is 11.8 Å². The van der Waals surface area contributed by atoms with Gasteiger partial charge in [0.15, 0.2) is 0 Å². The van der Waals surface area contributed by atoms with Crippen molar-refractivity contribution in [1.29, 1.82) is 0 Å². The van der Waals surface area contributed by atoms with Gasteiger partial charge in [0.2, 0.25) is 5.91 Å². The number of hydrogen-bond acceptors (Lipinski definition) is 4. The summed E-state index contributed by atoms with van der Waals surface area (Å²) in [5.74, 6) is -1.16. The quantitative estimate of drug-likeness (QED) is 0.586. The molecule has 0 heterocycles. The summed E-state index contributed by atoms with van der Waals surface area (Å²) in [5, 5.41) is 15.3. The average Bonchev–Trinajstić information content (AvgIpc) is 2.43. The monoisotopic (exact) mass is 281 g/mol. The number of ether oxygens (including phenoxy) is 1. The van der Waals surface area contributed by atoms with E-state index in [1.807, 2.05) is 0 Å². The van der Waals surface area contributed by atoms with Gasteiger partial charge in [0.25, 0.3) is 0 Å². The molecular formula is C12H15N3O5. The van der Waals surface area contributed by atoms with Crippen LogP contribution in [-0.4, -0.2) is 43.2 Å². The number of urea groups is 1. The number of carbonyl (C=O) groups excluding carboxylic acids is 2. The first-order valence-electron chi connectivity index (χ1n) is 5.68. The van der Waals surface area contributed by atoms with Crippen LogP contribution in [0.2, 0.25) is 0 Å². The summed E-state index contributed by atoms with van der Waals surface area (Å²) in [6.07, 6.45) is 0. The van der Waals surface area contributed by atoms with Crippen LogP contribution in [-0.2, 0) is 9.59 Å². The molecule has 1 aromatic carbocycles. The van der Waals surface area contributed by atoms with E-state index in [1.54, 1.807) is 24.3 Å². The van der Waals surface area contributed by atoms with Gasteiger partial charge in [0.1, 0.15) is 12.3 Å². The van der Waals surface area contributed by atoms with Crippen molar-refractivity contribution in [3.63, 3.8) is 0 Å². The number of benzene rings is 1. The minimum atomic E-state index is -1.15. The smallest absolute Gasteiger partial charge is 0.322 e. The first kappa shape index (κ1) is 15.3. The van der Waals surface area contributed by atoms with Gasteiger partial charge in [-0.2, -0.15) is 0 Å². The molecule has 0 aromatic heterocycles. The Kier molecular flexibility index (Phi) is 5.82. The number of nitrogens with one attached hydrogen (secondary N) is 3. The molecule has 0 unspecified atom stereocenters. The predicted octanol–water partition coefficient (Wildman–Crippen LogP) is 0.0175. The lowest BCUT2D eigenvalue weighted by Crippen LogP contribution is -2.40. The average molecular weight is 281 g/mol. The van der Waals surface area contributed by atoms with Crippen LogP contribution in [0.5, 0.6) is 5.75 Å². The number of rotatable bonds is 6. The molecule has 0 aliphatic rings. The van der Waals surface area contributed by atoms with E-state index in [-0.39, 0.29) is 6.54 Å². The minimum absolute atomic E-state index is 0.316. The number of carboxylic acid groups (broad SMARTS) is 1. The Labute approximate surface area is 115 Å². The molecule has 20 heavy (non-hydrogen) atoms. The van der Waals surface area contributed by atoms with Gasteiger partial charge in [0.05, 0.1) is 13.7 Å².